The molecule has 2 aliphatic heterocycles. The Labute approximate surface area is 253 Å². The SMILES string of the molecule is CN[C@H]1[C@H](O)[C@H](O[C@@H]2[C@@H](O)[C@H](O[C@H]3O[C@H]([C@H](C)O)[C@@H](O)[C@H](O)[C@H]3N)[C@@H](N)C[C@H]2N)OC[C@@]1(C)O.O=S(=O)(O)O.O=S(=O)(O)O. The van der Waals surface area contributed by atoms with Crippen LogP contribution in [0.15, 0.2) is 0 Å². The molecule has 17 N–H and O–H groups in total. The van der Waals surface area contributed by atoms with Crippen molar-refractivity contribution >= 4 is 20.8 Å². The highest BCUT2D eigenvalue weighted by molar-refractivity contribution is 7.80. The van der Waals surface area contributed by atoms with Crippen LogP contribution in [0.3, 0.4) is 0 Å². The summed E-state index contributed by atoms with van der Waals surface area (Å²) in [5.74, 6) is 0. The summed E-state index contributed by atoms with van der Waals surface area (Å²) in [6, 6.07) is -3.47. The average Bonchev–Trinajstić information content (AvgIpc) is 2.83. The summed E-state index contributed by atoms with van der Waals surface area (Å²) in [5, 5.41) is 65.2. The van der Waals surface area contributed by atoms with Crippen LogP contribution in [-0.2, 0) is 39.7 Å². The summed E-state index contributed by atoms with van der Waals surface area (Å²) in [6.45, 7) is 2.75. The molecular weight excluding hydrogens is 648 g/mol. The number of hydrogen-bond donors (Lipinski definition) is 14. The zero-order valence-electron chi connectivity index (χ0n) is 23.8. The number of hydrogen-bond acceptors (Lipinski definition) is 18. The van der Waals surface area contributed by atoms with E-state index in [1.165, 1.54) is 13.8 Å². The van der Waals surface area contributed by atoms with E-state index in [9.17, 15) is 30.6 Å². The first kappa shape index (κ1) is 41.2. The van der Waals surface area contributed by atoms with Gasteiger partial charge < -0.3 is 72.1 Å². The number of aliphatic hydroxyl groups excluding tert-OH is 5. The van der Waals surface area contributed by atoms with Crippen LogP contribution in [0.4, 0.5) is 0 Å². The highest BCUT2D eigenvalue weighted by Gasteiger charge is 2.52. The molecule has 0 amide bonds. The molecule has 0 spiro atoms. The van der Waals surface area contributed by atoms with Gasteiger partial charge in [0.05, 0.1) is 24.8 Å². The Morgan fingerprint density at radius 1 is 0.841 bits per heavy atom. The lowest BCUT2D eigenvalue weighted by atomic mass is 9.84. The van der Waals surface area contributed by atoms with Crippen LogP contribution < -0.4 is 22.5 Å². The van der Waals surface area contributed by atoms with Gasteiger partial charge in [0, 0.05) is 12.1 Å². The standard InChI is InChI=1S/C20H40N4O10.2H2O4S/c1-6(25)14-11(27)10(26)9(23)18(32-14)33-15-7(21)4-8(22)16(12(15)28)34-19-13(29)17(24-3)20(2,30)5-31-19;2*1-5(2,3)4/h6-19,24-30H,4-5,21-23H2,1-3H3;2*(H2,1,2,3,4)/t6-,7-,8+,9+,10+,11-,12-,13-,14+,15+,16-,17-,18+,19-,20+;;/m0../s1. The fourth-order valence-electron chi connectivity index (χ4n) is 4.95. The summed E-state index contributed by atoms with van der Waals surface area (Å²) < 4.78 is 85.9. The Hall–Kier alpha value is -0.820. The van der Waals surface area contributed by atoms with Crippen LogP contribution in [0, 0.1) is 0 Å². The van der Waals surface area contributed by atoms with Crippen molar-refractivity contribution in [1.82, 2.24) is 5.32 Å². The minimum atomic E-state index is -4.67. The van der Waals surface area contributed by atoms with Crippen molar-refractivity contribution in [3.63, 3.8) is 0 Å². The van der Waals surface area contributed by atoms with Crippen LogP contribution in [0.1, 0.15) is 20.3 Å². The largest absolute Gasteiger partial charge is 0.394 e. The maximum atomic E-state index is 11.1. The quantitative estimate of drug-likeness (QED) is 0.115. The second kappa shape index (κ2) is 16.3. The number of aliphatic hydroxyl groups is 6. The summed E-state index contributed by atoms with van der Waals surface area (Å²) in [6.07, 6.45) is -12.4. The van der Waals surface area contributed by atoms with Crippen molar-refractivity contribution in [2.45, 2.75) is 111 Å². The Morgan fingerprint density at radius 3 is 1.68 bits per heavy atom. The number of rotatable bonds is 6. The lowest BCUT2D eigenvalue weighted by molar-refractivity contribution is -0.319. The molecule has 1 saturated carbocycles. The van der Waals surface area contributed by atoms with Gasteiger partial charge >= 0.3 is 20.8 Å². The lowest BCUT2D eigenvalue weighted by Crippen LogP contribution is -2.69. The average molecular weight is 693 g/mol. The first-order valence-corrected chi connectivity index (χ1v) is 15.6. The summed E-state index contributed by atoms with van der Waals surface area (Å²) in [5.41, 5.74) is 17.0. The molecule has 22 nitrogen and oxygen atoms in total. The number of likely N-dealkylation sites (N-methyl/N-ethyl adjacent to an activating group) is 1. The predicted molar refractivity (Wildman–Crippen MR) is 144 cm³/mol. The first-order valence-electron chi connectivity index (χ1n) is 12.8. The topological polar surface area (TPSA) is 398 Å². The van der Waals surface area contributed by atoms with Crippen molar-refractivity contribution in [3.8, 4) is 0 Å². The van der Waals surface area contributed by atoms with E-state index in [1.807, 2.05) is 0 Å². The number of nitrogens with two attached hydrogens (primary N) is 3. The van der Waals surface area contributed by atoms with Crippen molar-refractivity contribution in [1.29, 1.82) is 0 Å². The van der Waals surface area contributed by atoms with Gasteiger partial charge in [0.2, 0.25) is 0 Å². The highest BCUT2D eigenvalue weighted by Crippen LogP contribution is 2.32. The monoisotopic (exact) mass is 692 g/mol. The highest BCUT2D eigenvalue weighted by atomic mass is 32.3. The third-order valence-electron chi connectivity index (χ3n) is 6.95. The minimum Gasteiger partial charge on any atom is -0.391 e. The number of ether oxygens (including phenoxy) is 4. The van der Waals surface area contributed by atoms with Crippen molar-refractivity contribution in [3.05, 3.63) is 0 Å². The van der Waals surface area contributed by atoms with Crippen molar-refractivity contribution in [2.24, 2.45) is 17.2 Å². The van der Waals surface area contributed by atoms with E-state index in [0.29, 0.717) is 0 Å². The van der Waals surface area contributed by atoms with Crippen LogP contribution >= 0.6 is 0 Å². The zero-order valence-corrected chi connectivity index (χ0v) is 25.4. The lowest BCUT2D eigenvalue weighted by Gasteiger charge is -2.49. The summed E-state index contributed by atoms with van der Waals surface area (Å²) in [4.78, 5) is 0. The van der Waals surface area contributed by atoms with Gasteiger partial charge in [-0.1, -0.05) is 0 Å². The van der Waals surface area contributed by atoms with Gasteiger partial charge in [0.15, 0.2) is 12.6 Å². The van der Waals surface area contributed by atoms with Gasteiger partial charge in [-0.05, 0) is 27.3 Å². The van der Waals surface area contributed by atoms with Crippen molar-refractivity contribution < 1.29 is 84.6 Å². The van der Waals surface area contributed by atoms with E-state index in [2.05, 4.69) is 5.32 Å². The van der Waals surface area contributed by atoms with Crippen LogP contribution in [-0.4, -0.2) is 171 Å². The molecule has 3 fully saturated rings. The fraction of sp³-hybridized carbons (Fsp3) is 1.00. The molecule has 2 saturated heterocycles. The number of nitrogens with one attached hydrogen (secondary N) is 1. The van der Waals surface area contributed by atoms with Crippen molar-refractivity contribution in [2.75, 3.05) is 13.7 Å². The van der Waals surface area contributed by atoms with E-state index in [0.717, 1.165) is 0 Å². The maximum absolute atomic E-state index is 11.1. The molecule has 15 atom stereocenters. The van der Waals surface area contributed by atoms with E-state index in [4.69, 9.17) is 71.2 Å². The van der Waals surface area contributed by atoms with Crippen LogP contribution in [0.5, 0.6) is 0 Å². The Bertz CT molecular complexity index is 1050. The molecule has 0 unspecified atom stereocenters. The second-order valence-corrected chi connectivity index (χ2v) is 12.5. The molecule has 0 aromatic heterocycles. The molecule has 264 valence electrons. The maximum Gasteiger partial charge on any atom is 0.394 e. The van der Waals surface area contributed by atoms with Gasteiger partial charge in [0.1, 0.15) is 48.3 Å². The Balaban J connectivity index is 0.000000837. The smallest absolute Gasteiger partial charge is 0.391 e. The third-order valence-corrected chi connectivity index (χ3v) is 6.95. The molecule has 0 bridgehead atoms. The molecule has 1 aliphatic carbocycles. The summed E-state index contributed by atoms with van der Waals surface area (Å²) >= 11 is 0. The third kappa shape index (κ3) is 12.4. The molecule has 0 radical (unpaired) electrons. The first-order chi connectivity index (χ1) is 19.8. The molecule has 44 heavy (non-hydrogen) atoms. The molecule has 3 rings (SSSR count). The molecule has 0 aromatic carbocycles. The van der Waals surface area contributed by atoms with Crippen LogP contribution in [0.25, 0.3) is 0 Å². The van der Waals surface area contributed by atoms with Crippen LogP contribution in [0.2, 0.25) is 0 Å². The van der Waals surface area contributed by atoms with Gasteiger partial charge in [-0.2, -0.15) is 16.8 Å². The predicted octanol–water partition coefficient (Wildman–Crippen LogP) is -6.92. The van der Waals surface area contributed by atoms with Gasteiger partial charge in [-0.15, -0.1) is 0 Å². The Kier molecular flexibility index (Phi) is 15.3. The van der Waals surface area contributed by atoms with E-state index in [-0.39, 0.29) is 13.0 Å². The van der Waals surface area contributed by atoms with E-state index < -0.39 is 112 Å². The summed E-state index contributed by atoms with van der Waals surface area (Å²) in [7, 11) is -7.76. The minimum absolute atomic E-state index is 0.135. The van der Waals surface area contributed by atoms with Gasteiger partial charge in [-0.25, -0.2) is 0 Å². The second-order valence-electron chi connectivity index (χ2n) is 10.7. The van der Waals surface area contributed by atoms with Gasteiger partial charge in [0.25, 0.3) is 0 Å². The normalized spacial score (nSPS) is 44.0. The molecular formula is C20H44N4O18S2. The fourth-order valence-corrected chi connectivity index (χ4v) is 4.95. The van der Waals surface area contributed by atoms with E-state index >= 15 is 0 Å². The molecule has 2 heterocycles. The molecule has 24 heteroatoms. The van der Waals surface area contributed by atoms with Gasteiger partial charge in [-0.3, -0.25) is 18.2 Å². The molecule has 0 aromatic rings. The van der Waals surface area contributed by atoms with E-state index in [1.54, 1.807) is 7.05 Å². The molecule has 3 aliphatic rings. The zero-order chi connectivity index (χ0) is 34.5. The Morgan fingerprint density at radius 2 is 1.27 bits per heavy atom.